The number of thioether (sulfide) groups is 1. The molecule has 126 valence electrons. The minimum absolute atomic E-state index is 0.0103. The Bertz CT molecular complexity index is 977. The fourth-order valence-electron chi connectivity index (χ4n) is 2.29. The highest BCUT2D eigenvalue weighted by Gasteiger charge is 2.14. The summed E-state index contributed by atoms with van der Waals surface area (Å²) in [5.41, 5.74) is 0.971. The first-order chi connectivity index (χ1) is 12.2. The van der Waals surface area contributed by atoms with Crippen molar-refractivity contribution in [2.24, 2.45) is 0 Å². The molecule has 0 saturated heterocycles. The lowest BCUT2D eigenvalue weighted by atomic mass is 10.3. The van der Waals surface area contributed by atoms with E-state index >= 15 is 0 Å². The minimum Gasteiger partial charge on any atom is -0.338 e. The highest BCUT2D eigenvalue weighted by molar-refractivity contribution is 7.99. The molecule has 0 saturated carbocycles. The lowest BCUT2D eigenvalue weighted by Crippen LogP contribution is -2.27. The molecule has 0 aliphatic carbocycles. The van der Waals surface area contributed by atoms with Crippen molar-refractivity contribution >= 4 is 45.0 Å². The monoisotopic (exact) mass is 370 g/mol. The van der Waals surface area contributed by atoms with E-state index in [9.17, 15) is 4.79 Å². The maximum absolute atomic E-state index is 12.4. The molecule has 0 bridgehead atoms. The van der Waals surface area contributed by atoms with Crippen molar-refractivity contribution < 1.29 is 4.79 Å². The molecule has 4 rings (SSSR count). The normalized spacial score (nSPS) is 11.2. The van der Waals surface area contributed by atoms with E-state index in [0.29, 0.717) is 17.5 Å². The van der Waals surface area contributed by atoms with Gasteiger partial charge in [0, 0.05) is 19.4 Å². The minimum atomic E-state index is 0.0103. The number of nitrogens with zero attached hydrogens (tertiary/aromatic N) is 6. The largest absolute Gasteiger partial charge is 0.338 e. The molecule has 25 heavy (non-hydrogen) atoms. The molecule has 0 radical (unpaired) electrons. The second-order valence-electron chi connectivity index (χ2n) is 5.37. The Hall–Kier alpha value is -2.52. The molecule has 0 spiro atoms. The molecule has 0 N–H and O–H groups in total. The summed E-state index contributed by atoms with van der Waals surface area (Å²) in [6.45, 7) is 0.499. The number of para-hydroxylation sites is 1. The van der Waals surface area contributed by atoms with Crippen LogP contribution >= 0.6 is 23.1 Å². The van der Waals surface area contributed by atoms with E-state index in [1.807, 2.05) is 24.3 Å². The van der Waals surface area contributed by atoms with Crippen molar-refractivity contribution in [1.29, 1.82) is 0 Å². The standard InChI is InChI=1S/C16H14N6OS2/c1-21(9-13-18-11-5-2-3-6-12(11)25-13)14(23)10-24-16-19-15-17-7-4-8-22(15)20-16/h2-8H,9-10H2,1H3. The van der Waals surface area contributed by atoms with Crippen molar-refractivity contribution in [1.82, 2.24) is 29.5 Å². The van der Waals surface area contributed by atoms with Gasteiger partial charge < -0.3 is 4.90 Å². The van der Waals surface area contributed by atoms with Gasteiger partial charge >= 0.3 is 0 Å². The van der Waals surface area contributed by atoms with E-state index in [0.717, 1.165) is 15.2 Å². The predicted octanol–water partition coefficient (Wildman–Crippen LogP) is 2.48. The molecule has 0 atom stereocenters. The van der Waals surface area contributed by atoms with Crippen LogP contribution in [-0.4, -0.2) is 48.2 Å². The first-order valence-electron chi connectivity index (χ1n) is 7.57. The first kappa shape index (κ1) is 16.0. The van der Waals surface area contributed by atoms with Gasteiger partial charge in [-0.2, -0.15) is 4.98 Å². The van der Waals surface area contributed by atoms with Crippen LogP contribution in [0, 0.1) is 0 Å². The van der Waals surface area contributed by atoms with Crippen LogP contribution in [0.1, 0.15) is 5.01 Å². The molecule has 1 amide bonds. The highest BCUT2D eigenvalue weighted by atomic mass is 32.2. The number of carbonyl (C=O) groups excluding carboxylic acids is 1. The molecule has 3 aromatic heterocycles. The fourth-order valence-corrected chi connectivity index (χ4v) is 4.08. The second-order valence-corrected chi connectivity index (χ2v) is 7.43. The molecule has 4 aromatic rings. The summed E-state index contributed by atoms with van der Waals surface area (Å²) in [4.78, 5) is 27.0. The number of fused-ring (bicyclic) bond motifs is 2. The summed E-state index contributed by atoms with van der Waals surface area (Å²) >= 11 is 2.92. The Kier molecular flexibility index (Phi) is 4.33. The van der Waals surface area contributed by atoms with Gasteiger partial charge in [0.15, 0.2) is 0 Å². The van der Waals surface area contributed by atoms with Crippen molar-refractivity contribution in [3.8, 4) is 0 Å². The Morgan fingerprint density at radius 3 is 3.00 bits per heavy atom. The number of carbonyl (C=O) groups is 1. The van der Waals surface area contributed by atoms with Gasteiger partial charge in [0.05, 0.1) is 22.5 Å². The maximum atomic E-state index is 12.4. The summed E-state index contributed by atoms with van der Waals surface area (Å²) in [6.07, 6.45) is 3.44. The lowest BCUT2D eigenvalue weighted by molar-refractivity contribution is -0.127. The van der Waals surface area contributed by atoms with Gasteiger partial charge in [-0.05, 0) is 18.2 Å². The number of thiazole rings is 1. The third kappa shape index (κ3) is 3.47. The summed E-state index contributed by atoms with van der Waals surface area (Å²) in [5, 5.41) is 5.75. The van der Waals surface area contributed by atoms with Gasteiger partial charge in [-0.1, -0.05) is 23.9 Å². The number of amides is 1. The number of rotatable bonds is 5. The Balaban J connectivity index is 1.38. The first-order valence-corrected chi connectivity index (χ1v) is 9.38. The third-order valence-electron chi connectivity index (χ3n) is 3.56. The van der Waals surface area contributed by atoms with Crippen LogP contribution in [-0.2, 0) is 11.3 Å². The zero-order valence-electron chi connectivity index (χ0n) is 13.4. The van der Waals surface area contributed by atoms with Crippen molar-refractivity contribution in [2.75, 3.05) is 12.8 Å². The molecule has 1 aromatic carbocycles. The number of hydrogen-bond donors (Lipinski definition) is 0. The third-order valence-corrected chi connectivity index (χ3v) is 5.40. The highest BCUT2D eigenvalue weighted by Crippen LogP contribution is 2.22. The zero-order valence-corrected chi connectivity index (χ0v) is 15.0. The van der Waals surface area contributed by atoms with E-state index in [2.05, 4.69) is 20.1 Å². The molecular weight excluding hydrogens is 356 g/mol. The van der Waals surface area contributed by atoms with Crippen LogP contribution in [0.2, 0.25) is 0 Å². The van der Waals surface area contributed by atoms with Gasteiger partial charge in [0.1, 0.15) is 5.01 Å². The van der Waals surface area contributed by atoms with Gasteiger partial charge in [0.25, 0.3) is 5.78 Å². The lowest BCUT2D eigenvalue weighted by Gasteiger charge is -2.14. The summed E-state index contributed by atoms with van der Waals surface area (Å²) in [5.74, 6) is 0.814. The van der Waals surface area contributed by atoms with Crippen LogP contribution in [0.25, 0.3) is 16.0 Å². The summed E-state index contributed by atoms with van der Waals surface area (Å²) < 4.78 is 2.73. The quantitative estimate of drug-likeness (QED) is 0.502. The SMILES string of the molecule is CN(Cc1nc2ccccc2s1)C(=O)CSc1nc2ncccn2n1. The van der Waals surface area contributed by atoms with Gasteiger partial charge in [-0.3, -0.25) is 4.79 Å². The second kappa shape index (κ2) is 6.77. The van der Waals surface area contributed by atoms with Gasteiger partial charge in [-0.15, -0.1) is 16.4 Å². The summed E-state index contributed by atoms with van der Waals surface area (Å²) in [6, 6.07) is 9.76. The molecule has 9 heteroatoms. The zero-order chi connectivity index (χ0) is 17.2. The number of aromatic nitrogens is 5. The predicted molar refractivity (Wildman–Crippen MR) is 97.6 cm³/mol. The number of benzene rings is 1. The Morgan fingerprint density at radius 2 is 2.16 bits per heavy atom. The molecule has 3 heterocycles. The van der Waals surface area contributed by atoms with Gasteiger partial charge in [0.2, 0.25) is 11.1 Å². The Morgan fingerprint density at radius 1 is 1.28 bits per heavy atom. The maximum Gasteiger partial charge on any atom is 0.253 e. The van der Waals surface area contributed by atoms with Crippen molar-refractivity contribution in [3.05, 3.63) is 47.7 Å². The van der Waals surface area contributed by atoms with E-state index in [4.69, 9.17) is 0 Å². The summed E-state index contributed by atoms with van der Waals surface area (Å²) in [7, 11) is 1.79. The molecule has 0 aliphatic heterocycles. The number of hydrogen-bond acceptors (Lipinski definition) is 7. The average Bonchev–Trinajstić information content (AvgIpc) is 3.22. The molecule has 7 nitrogen and oxygen atoms in total. The smallest absolute Gasteiger partial charge is 0.253 e. The molecular formula is C16H14N6OS2. The average molecular weight is 370 g/mol. The molecule has 0 fully saturated rings. The van der Waals surface area contributed by atoms with Crippen LogP contribution < -0.4 is 0 Å². The van der Waals surface area contributed by atoms with Gasteiger partial charge in [-0.25, -0.2) is 14.5 Å². The molecule has 0 unspecified atom stereocenters. The fraction of sp³-hybridized carbons (Fsp3) is 0.188. The van der Waals surface area contributed by atoms with E-state index in [1.54, 1.807) is 46.3 Å². The van der Waals surface area contributed by atoms with E-state index in [1.165, 1.54) is 11.8 Å². The Labute approximate surface area is 151 Å². The van der Waals surface area contributed by atoms with Crippen LogP contribution in [0.3, 0.4) is 0 Å². The van der Waals surface area contributed by atoms with E-state index in [-0.39, 0.29) is 11.7 Å². The van der Waals surface area contributed by atoms with Crippen LogP contribution in [0.4, 0.5) is 0 Å². The van der Waals surface area contributed by atoms with E-state index < -0.39 is 0 Å². The van der Waals surface area contributed by atoms with Crippen molar-refractivity contribution in [2.45, 2.75) is 11.7 Å². The molecule has 0 aliphatic rings. The van der Waals surface area contributed by atoms with Crippen LogP contribution in [0.5, 0.6) is 0 Å². The van der Waals surface area contributed by atoms with Crippen LogP contribution in [0.15, 0.2) is 47.9 Å². The van der Waals surface area contributed by atoms with Crippen molar-refractivity contribution in [3.63, 3.8) is 0 Å². The topological polar surface area (TPSA) is 76.3 Å².